The van der Waals surface area contributed by atoms with Crippen molar-refractivity contribution in [1.29, 1.82) is 10.5 Å². The number of aromatic nitrogens is 2. The molecule has 0 aliphatic carbocycles. The van der Waals surface area contributed by atoms with Gasteiger partial charge in [-0.1, -0.05) is 12.1 Å². The van der Waals surface area contributed by atoms with E-state index in [2.05, 4.69) is 15.3 Å². The predicted octanol–water partition coefficient (Wildman–Crippen LogP) is 1.23. The number of hydrogen-bond donors (Lipinski definition) is 2. The Labute approximate surface area is 124 Å². The fourth-order valence-corrected chi connectivity index (χ4v) is 2.17. The molecule has 7 nitrogen and oxygen atoms in total. The molecule has 1 unspecified atom stereocenters. The molecule has 0 saturated carbocycles. The molecule has 2 heterocycles. The smallest absolute Gasteiger partial charge is 0.268 e. The van der Waals surface area contributed by atoms with E-state index < -0.39 is 17.8 Å². The summed E-state index contributed by atoms with van der Waals surface area (Å²) < 4.78 is 18.9. The number of aromatic amines is 1. The molecule has 1 aromatic heterocycles. The minimum atomic E-state index is -0.895. The monoisotopic (exact) mass is 297 g/mol. The van der Waals surface area contributed by atoms with E-state index in [1.807, 2.05) is 0 Å². The van der Waals surface area contributed by atoms with E-state index in [-0.39, 0.29) is 29.5 Å². The first-order valence-corrected chi connectivity index (χ1v) is 6.27. The van der Waals surface area contributed by atoms with Crippen LogP contribution < -0.4 is 10.1 Å². The number of rotatable bonds is 2. The van der Waals surface area contributed by atoms with Crippen LogP contribution in [0.1, 0.15) is 17.0 Å². The summed E-state index contributed by atoms with van der Waals surface area (Å²) in [6.07, 6.45) is -0.663. The number of carbonyl (C=O) groups excluding carboxylic acids is 1. The van der Waals surface area contributed by atoms with E-state index in [9.17, 15) is 9.18 Å². The summed E-state index contributed by atoms with van der Waals surface area (Å²) in [5.41, 5.74) is 0.453. The molecule has 0 radical (unpaired) electrons. The van der Waals surface area contributed by atoms with Crippen LogP contribution in [0.2, 0.25) is 0 Å². The van der Waals surface area contributed by atoms with Gasteiger partial charge >= 0.3 is 0 Å². The number of ether oxygens (including phenoxy) is 1. The first-order chi connectivity index (χ1) is 10.6. The lowest BCUT2D eigenvalue weighted by Crippen LogP contribution is -2.31. The van der Waals surface area contributed by atoms with Gasteiger partial charge in [-0.3, -0.25) is 10.1 Å². The second-order valence-corrected chi connectivity index (χ2v) is 4.56. The van der Waals surface area contributed by atoms with Crippen LogP contribution in [-0.4, -0.2) is 22.0 Å². The van der Waals surface area contributed by atoms with E-state index in [0.717, 1.165) is 0 Å². The Balaban J connectivity index is 1.75. The van der Waals surface area contributed by atoms with Gasteiger partial charge in [0.1, 0.15) is 12.1 Å². The second-order valence-electron chi connectivity index (χ2n) is 4.56. The van der Waals surface area contributed by atoms with E-state index >= 15 is 0 Å². The molecule has 2 N–H and O–H groups in total. The third kappa shape index (κ3) is 2.23. The van der Waals surface area contributed by atoms with Crippen molar-refractivity contribution in [3.63, 3.8) is 0 Å². The van der Waals surface area contributed by atoms with Crippen LogP contribution in [0.25, 0.3) is 0 Å². The highest BCUT2D eigenvalue weighted by Gasteiger charge is 2.31. The molecule has 0 bridgehead atoms. The molecule has 2 aromatic rings. The number of H-pyrrole nitrogens is 1. The molecule has 1 aliphatic rings. The van der Waals surface area contributed by atoms with Crippen molar-refractivity contribution < 1.29 is 13.9 Å². The van der Waals surface area contributed by atoms with Gasteiger partial charge in [0.15, 0.2) is 29.1 Å². The van der Waals surface area contributed by atoms with Gasteiger partial charge in [0.05, 0.1) is 0 Å². The zero-order valence-electron chi connectivity index (χ0n) is 11.1. The summed E-state index contributed by atoms with van der Waals surface area (Å²) in [6, 6.07) is 7.97. The number of hydrogen-bond acceptors (Lipinski definition) is 5. The van der Waals surface area contributed by atoms with Crippen molar-refractivity contribution in [2.75, 3.05) is 5.32 Å². The van der Waals surface area contributed by atoms with Gasteiger partial charge in [-0.05, 0) is 6.07 Å². The van der Waals surface area contributed by atoms with Gasteiger partial charge in [0, 0.05) is 12.0 Å². The Bertz CT molecular complexity index is 814. The van der Waals surface area contributed by atoms with E-state index in [1.54, 1.807) is 24.3 Å². The Morgan fingerprint density at radius 3 is 2.91 bits per heavy atom. The molecule has 0 fully saturated rings. The number of benzene rings is 1. The van der Waals surface area contributed by atoms with Crippen LogP contribution in [0.4, 0.5) is 10.3 Å². The van der Waals surface area contributed by atoms with Crippen molar-refractivity contribution in [2.45, 2.75) is 12.5 Å². The van der Waals surface area contributed by atoms with Crippen molar-refractivity contribution in [3.8, 4) is 17.9 Å². The Morgan fingerprint density at radius 2 is 2.27 bits per heavy atom. The molecule has 1 aromatic carbocycles. The lowest BCUT2D eigenvalue weighted by atomic mass is 10.1. The Morgan fingerprint density at radius 1 is 1.45 bits per heavy atom. The predicted molar refractivity (Wildman–Crippen MR) is 71.2 cm³/mol. The average molecular weight is 297 g/mol. The molecule has 1 atom stereocenters. The van der Waals surface area contributed by atoms with Crippen LogP contribution in [0.3, 0.4) is 0 Å². The standard InChI is InChI=1S/C14H8FN5O2/c15-8-3-1-2-7-4-11(22-12(7)8)13(21)20-14-18-9(5-16)10(6-17)19-14/h1-3,11H,4H2,(H2,18,19,20,21). The summed E-state index contributed by atoms with van der Waals surface area (Å²) in [4.78, 5) is 18.4. The number of amides is 1. The molecule has 0 spiro atoms. The summed E-state index contributed by atoms with van der Waals surface area (Å²) >= 11 is 0. The number of imidazole rings is 1. The van der Waals surface area contributed by atoms with E-state index in [4.69, 9.17) is 15.3 Å². The van der Waals surface area contributed by atoms with Crippen LogP contribution >= 0.6 is 0 Å². The molecule has 1 aliphatic heterocycles. The molecule has 22 heavy (non-hydrogen) atoms. The van der Waals surface area contributed by atoms with Crippen molar-refractivity contribution >= 4 is 11.9 Å². The number of anilines is 1. The van der Waals surface area contributed by atoms with Gasteiger partial charge in [0.25, 0.3) is 5.91 Å². The van der Waals surface area contributed by atoms with Crippen LogP contribution in [0.15, 0.2) is 18.2 Å². The third-order valence-corrected chi connectivity index (χ3v) is 3.17. The molecular weight excluding hydrogens is 289 g/mol. The SMILES string of the molecule is N#Cc1nc(NC(=O)C2Cc3cccc(F)c3O2)[nH]c1C#N. The first kappa shape index (κ1) is 13.6. The lowest BCUT2D eigenvalue weighted by Gasteiger charge is -2.09. The largest absolute Gasteiger partial charge is 0.477 e. The summed E-state index contributed by atoms with van der Waals surface area (Å²) in [6.45, 7) is 0. The molecule has 108 valence electrons. The van der Waals surface area contributed by atoms with Crippen LogP contribution in [-0.2, 0) is 11.2 Å². The number of fused-ring (bicyclic) bond motifs is 1. The zero-order chi connectivity index (χ0) is 15.7. The molecule has 0 saturated heterocycles. The lowest BCUT2D eigenvalue weighted by molar-refractivity contribution is -0.122. The van der Waals surface area contributed by atoms with E-state index in [0.29, 0.717) is 5.56 Å². The van der Waals surface area contributed by atoms with Crippen LogP contribution in [0, 0.1) is 28.5 Å². The third-order valence-electron chi connectivity index (χ3n) is 3.17. The first-order valence-electron chi connectivity index (χ1n) is 6.27. The number of para-hydroxylation sites is 1. The minimum Gasteiger partial charge on any atom is -0.477 e. The highest BCUT2D eigenvalue weighted by molar-refractivity contribution is 5.93. The zero-order valence-corrected chi connectivity index (χ0v) is 11.1. The van der Waals surface area contributed by atoms with Gasteiger partial charge in [-0.2, -0.15) is 10.5 Å². The summed E-state index contributed by atoms with van der Waals surface area (Å²) in [7, 11) is 0. The topological polar surface area (TPSA) is 115 Å². The maximum absolute atomic E-state index is 13.6. The number of halogens is 1. The quantitative estimate of drug-likeness (QED) is 0.865. The van der Waals surface area contributed by atoms with Crippen LogP contribution in [0.5, 0.6) is 5.75 Å². The van der Waals surface area contributed by atoms with Gasteiger partial charge in [-0.25, -0.2) is 9.37 Å². The number of carbonyl (C=O) groups is 1. The highest BCUT2D eigenvalue weighted by atomic mass is 19.1. The molecule has 8 heteroatoms. The Kier molecular flexibility index (Phi) is 3.20. The molecule has 1 amide bonds. The van der Waals surface area contributed by atoms with Gasteiger partial charge in [-0.15, -0.1) is 0 Å². The number of nitrogens with one attached hydrogen (secondary N) is 2. The van der Waals surface area contributed by atoms with Crippen molar-refractivity contribution in [1.82, 2.24) is 9.97 Å². The number of nitrogens with zero attached hydrogens (tertiary/aromatic N) is 3. The molecule has 3 rings (SSSR count). The number of nitriles is 2. The van der Waals surface area contributed by atoms with Crippen molar-refractivity contribution in [3.05, 3.63) is 41.0 Å². The fraction of sp³-hybridized carbons (Fsp3) is 0.143. The Hall–Kier alpha value is -3.39. The normalized spacial score (nSPS) is 15.3. The summed E-state index contributed by atoms with van der Waals surface area (Å²) in [5.74, 6) is -1.03. The minimum absolute atomic E-state index is 0.0295. The van der Waals surface area contributed by atoms with Gasteiger partial charge < -0.3 is 9.72 Å². The maximum atomic E-state index is 13.6. The second kappa shape index (κ2) is 5.19. The summed E-state index contributed by atoms with van der Waals surface area (Å²) in [5, 5.41) is 20.0. The maximum Gasteiger partial charge on any atom is 0.268 e. The van der Waals surface area contributed by atoms with Gasteiger partial charge in [0.2, 0.25) is 5.95 Å². The average Bonchev–Trinajstić information content (AvgIpc) is 3.11. The van der Waals surface area contributed by atoms with Crippen molar-refractivity contribution in [2.24, 2.45) is 0 Å². The highest BCUT2D eigenvalue weighted by Crippen LogP contribution is 2.31. The fourth-order valence-electron chi connectivity index (χ4n) is 2.17. The molecular formula is C14H8FN5O2. The van der Waals surface area contributed by atoms with E-state index in [1.165, 1.54) is 6.07 Å².